The van der Waals surface area contributed by atoms with Crippen molar-refractivity contribution in [1.82, 2.24) is 10.2 Å². The van der Waals surface area contributed by atoms with E-state index in [0.717, 1.165) is 40.5 Å². The quantitative estimate of drug-likeness (QED) is 0.599. The molecule has 32 heavy (non-hydrogen) atoms. The van der Waals surface area contributed by atoms with Crippen LogP contribution in [0.25, 0.3) is 21.9 Å². The number of nitrogens with zero attached hydrogens (tertiary/aromatic N) is 1. The topological polar surface area (TPSA) is 101 Å². The van der Waals surface area contributed by atoms with Crippen molar-refractivity contribution < 1.29 is 23.5 Å². The Morgan fingerprint density at radius 3 is 2.62 bits per heavy atom. The highest BCUT2D eigenvalue weighted by atomic mass is 16.5. The summed E-state index contributed by atoms with van der Waals surface area (Å²) in [7, 11) is 1.52. The summed E-state index contributed by atoms with van der Waals surface area (Å²) in [6.45, 7) is 1.56. The molecule has 5 rings (SSSR count). The third-order valence-electron chi connectivity index (χ3n) is 6.62. The van der Waals surface area contributed by atoms with Gasteiger partial charge in [0.05, 0.1) is 12.8 Å². The molecule has 2 heterocycles. The van der Waals surface area contributed by atoms with Gasteiger partial charge in [-0.05, 0) is 31.9 Å². The number of urea groups is 1. The Bertz CT molecular complexity index is 1240. The number of benzene rings is 2. The maximum Gasteiger partial charge on any atom is 0.325 e. The zero-order valence-electron chi connectivity index (χ0n) is 18.1. The Morgan fingerprint density at radius 1 is 1.12 bits per heavy atom. The molecule has 0 bridgehead atoms. The fourth-order valence-electron chi connectivity index (χ4n) is 4.86. The molecule has 3 aromatic rings. The van der Waals surface area contributed by atoms with Gasteiger partial charge in [0.25, 0.3) is 5.91 Å². The van der Waals surface area contributed by atoms with Crippen molar-refractivity contribution in [2.24, 2.45) is 0 Å². The number of carbonyl (C=O) groups excluding carboxylic acids is 3. The molecule has 2 fully saturated rings. The predicted molar refractivity (Wildman–Crippen MR) is 120 cm³/mol. The molecule has 1 aromatic heterocycles. The van der Waals surface area contributed by atoms with Gasteiger partial charge < -0.3 is 19.8 Å². The first-order chi connectivity index (χ1) is 15.4. The molecule has 1 atom stereocenters. The lowest BCUT2D eigenvalue weighted by molar-refractivity contribution is -0.137. The van der Waals surface area contributed by atoms with Gasteiger partial charge in [0.1, 0.15) is 28.5 Å². The zero-order chi connectivity index (χ0) is 22.5. The van der Waals surface area contributed by atoms with Crippen molar-refractivity contribution in [3.63, 3.8) is 0 Å². The number of anilines is 1. The van der Waals surface area contributed by atoms with Crippen LogP contribution in [-0.4, -0.2) is 41.4 Å². The molecule has 2 aliphatic rings. The number of imide groups is 1. The smallest absolute Gasteiger partial charge is 0.325 e. The van der Waals surface area contributed by atoms with Crippen LogP contribution in [0, 0.1) is 0 Å². The van der Waals surface area contributed by atoms with E-state index in [9.17, 15) is 14.4 Å². The van der Waals surface area contributed by atoms with Gasteiger partial charge in [-0.15, -0.1) is 0 Å². The monoisotopic (exact) mass is 435 g/mol. The van der Waals surface area contributed by atoms with E-state index in [1.165, 1.54) is 7.11 Å². The molecule has 2 aromatic carbocycles. The van der Waals surface area contributed by atoms with E-state index in [4.69, 9.17) is 9.15 Å². The molecule has 1 saturated carbocycles. The first kappa shape index (κ1) is 20.4. The number of furan rings is 1. The number of hydrogen-bond donors (Lipinski definition) is 2. The van der Waals surface area contributed by atoms with Gasteiger partial charge in [-0.1, -0.05) is 37.5 Å². The number of nitrogens with one attached hydrogen (secondary N) is 2. The maximum atomic E-state index is 13.1. The van der Waals surface area contributed by atoms with Crippen LogP contribution in [0.2, 0.25) is 0 Å². The summed E-state index contributed by atoms with van der Waals surface area (Å²) in [4.78, 5) is 39.9. The van der Waals surface area contributed by atoms with Gasteiger partial charge >= 0.3 is 6.03 Å². The highest BCUT2D eigenvalue weighted by Crippen LogP contribution is 2.37. The third kappa shape index (κ3) is 3.09. The van der Waals surface area contributed by atoms with Crippen molar-refractivity contribution in [2.75, 3.05) is 12.4 Å². The van der Waals surface area contributed by atoms with E-state index in [-0.39, 0.29) is 5.91 Å². The molecule has 8 nitrogen and oxygen atoms in total. The Hall–Kier alpha value is -3.55. The first-order valence-electron chi connectivity index (χ1n) is 10.9. The van der Waals surface area contributed by atoms with Crippen LogP contribution in [0.1, 0.15) is 39.0 Å². The summed E-state index contributed by atoms with van der Waals surface area (Å²) >= 11 is 0. The number of rotatable bonds is 4. The van der Waals surface area contributed by atoms with Gasteiger partial charge in [-0.2, -0.15) is 0 Å². The second kappa shape index (κ2) is 7.55. The standard InChI is InChI=1S/C24H25N3O5/c1-14(27-22(29)24(26-23(27)30)10-6-3-7-11-24)21(28)25-17-13-19-16(12-20(17)31-2)15-8-4-5-9-18(15)32-19/h4-5,8-9,12-14H,3,6-7,10-11H2,1-2H3,(H,25,28)(H,26,30). The molecule has 0 radical (unpaired) electrons. The Kier molecular flexibility index (Phi) is 4.80. The lowest BCUT2D eigenvalue weighted by atomic mass is 9.81. The molecule has 1 aliphatic carbocycles. The fourth-order valence-corrected chi connectivity index (χ4v) is 4.86. The SMILES string of the molecule is COc1cc2c(cc1NC(=O)C(C)N1C(=O)NC3(CCCCC3)C1=O)oc1ccccc12. The molecule has 2 N–H and O–H groups in total. The van der Waals surface area contributed by atoms with E-state index < -0.39 is 23.5 Å². The Labute approximate surface area is 184 Å². The number of para-hydroxylation sites is 1. The van der Waals surface area contributed by atoms with Crippen LogP contribution in [-0.2, 0) is 9.59 Å². The highest BCUT2D eigenvalue weighted by Gasteiger charge is 2.53. The average molecular weight is 435 g/mol. The van der Waals surface area contributed by atoms with Crippen molar-refractivity contribution in [3.05, 3.63) is 36.4 Å². The van der Waals surface area contributed by atoms with Crippen LogP contribution in [0.5, 0.6) is 5.75 Å². The highest BCUT2D eigenvalue weighted by molar-refractivity contribution is 6.12. The van der Waals surface area contributed by atoms with E-state index in [1.807, 2.05) is 30.3 Å². The largest absolute Gasteiger partial charge is 0.495 e. The number of amides is 4. The minimum Gasteiger partial charge on any atom is -0.495 e. The first-order valence-corrected chi connectivity index (χ1v) is 10.9. The Morgan fingerprint density at radius 2 is 1.88 bits per heavy atom. The molecular weight excluding hydrogens is 410 g/mol. The zero-order valence-corrected chi connectivity index (χ0v) is 18.1. The summed E-state index contributed by atoms with van der Waals surface area (Å²) in [5, 5.41) is 7.48. The van der Waals surface area contributed by atoms with Gasteiger partial charge in [0.15, 0.2) is 0 Å². The lowest BCUT2D eigenvalue weighted by Gasteiger charge is -2.31. The van der Waals surface area contributed by atoms with E-state index >= 15 is 0 Å². The average Bonchev–Trinajstić information content (AvgIpc) is 3.26. The van der Waals surface area contributed by atoms with Gasteiger partial charge in [0.2, 0.25) is 5.91 Å². The van der Waals surface area contributed by atoms with Gasteiger partial charge in [-0.3, -0.25) is 9.59 Å². The summed E-state index contributed by atoms with van der Waals surface area (Å²) in [6.07, 6.45) is 4.03. The number of ether oxygens (including phenoxy) is 1. The molecule has 8 heteroatoms. The molecule has 1 unspecified atom stereocenters. The van der Waals surface area contributed by atoms with Crippen molar-refractivity contribution >= 4 is 45.5 Å². The molecule has 1 spiro atoms. The predicted octanol–water partition coefficient (Wildman–Crippen LogP) is 4.18. The van der Waals surface area contributed by atoms with Gasteiger partial charge in [-0.25, -0.2) is 9.69 Å². The van der Waals surface area contributed by atoms with Crippen molar-refractivity contribution in [1.29, 1.82) is 0 Å². The van der Waals surface area contributed by atoms with E-state index in [2.05, 4.69) is 10.6 Å². The van der Waals surface area contributed by atoms with Crippen LogP contribution >= 0.6 is 0 Å². The number of fused-ring (bicyclic) bond motifs is 3. The lowest BCUT2D eigenvalue weighted by Crippen LogP contribution is -2.50. The normalized spacial score (nSPS) is 18.9. The molecule has 166 valence electrons. The summed E-state index contributed by atoms with van der Waals surface area (Å²) in [6, 6.07) is 9.68. The maximum absolute atomic E-state index is 13.1. The van der Waals surface area contributed by atoms with Crippen LogP contribution in [0.15, 0.2) is 40.8 Å². The third-order valence-corrected chi connectivity index (χ3v) is 6.62. The number of methoxy groups -OCH3 is 1. The van der Waals surface area contributed by atoms with Gasteiger partial charge in [0, 0.05) is 16.8 Å². The summed E-state index contributed by atoms with van der Waals surface area (Å²) in [5.41, 5.74) is 0.884. The van der Waals surface area contributed by atoms with Crippen LogP contribution in [0.4, 0.5) is 10.5 Å². The minimum absolute atomic E-state index is 0.315. The number of hydrogen-bond acceptors (Lipinski definition) is 5. The molecule has 1 aliphatic heterocycles. The minimum atomic E-state index is -0.972. The molecular formula is C24H25N3O5. The van der Waals surface area contributed by atoms with E-state index in [0.29, 0.717) is 29.9 Å². The molecule has 1 saturated heterocycles. The molecule has 4 amide bonds. The summed E-state index contributed by atoms with van der Waals surface area (Å²) in [5.74, 6) is -0.328. The second-order valence-electron chi connectivity index (χ2n) is 8.56. The van der Waals surface area contributed by atoms with Crippen molar-refractivity contribution in [3.8, 4) is 5.75 Å². The Balaban J connectivity index is 1.42. The van der Waals surface area contributed by atoms with Crippen LogP contribution in [0.3, 0.4) is 0 Å². The number of carbonyl (C=O) groups is 3. The fraction of sp³-hybridized carbons (Fsp3) is 0.375. The van der Waals surface area contributed by atoms with Crippen molar-refractivity contribution in [2.45, 2.75) is 50.6 Å². The summed E-state index contributed by atoms with van der Waals surface area (Å²) < 4.78 is 11.4. The van der Waals surface area contributed by atoms with Crippen LogP contribution < -0.4 is 15.4 Å². The second-order valence-corrected chi connectivity index (χ2v) is 8.56. The van der Waals surface area contributed by atoms with E-state index in [1.54, 1.807) is 13.0 Å².